The number of ether oxygens (including phenoxy) is 1. The Morgan fingerprint density at radius 3 is 2.58 bits per heavy atom. The molecule has 1 heterocycles. The largest absolute Gasteiger partial charge is 0.451 e. The fourth-order valence-electron chi connectivity index (χ4n) is 2.40. The number of nitrogens with zero attached hydrogens (tertiary/aromatic N) is 2. The first kappa shape index (κ1) is 16.2. The summed E-state index contributed by atoms with van der Waals surface area (Å²) in [5.41, 5.74) is -0.221. The molecule has 0 aliphatic heterocycles. The maximum atomic E-state index is 12.4. The number of esters is 1. The minimum absolute atomic E-state index is 0.0399. The molecule has 3 rings (SSSR count). The van der Waals surface area contributed by atoms with E-state index in [4.69, 9.17) is 4.74 Å². The molecule has 126 valence electrons. The summed E-state index contributed by atoms with van der Waals surface area (Å²) in [4.78, 5) is 36.5. The summed E-state index contributed by atoms with van der Waals surface area (Å²) in [5.74, 6) is -1.04. The fourth-order valence-corrected chi connectivity index (χ4v) is 2.40. The van der Waals surface area contributed by atoms with Gasteiger partial charge in [0.2, 0.25) is 0 Å². The molecular formula is C17H19N3O4. The van der Waals surface area contributed by atoms with Gasteiger partial charge in [-0.25, -0.2) is 9.48 Å². The topological polar surface area (TPSA) is 90.3 Å². The van der Waals surface area contributed by atoms with Gasteiger partial charge >= 0.3 is 5.97 Å². The first-order chi connectivity index (χ1) is 11.5. The van der Waals surface area contributed by atoms with Crippen LogP contribution in [0, 0.1) is 0 Å². The van der Waals surface area contributed by atoms with Crippen molar-refractivity contribution in [1.82, 2.24) is 15.1 Å². The number of fused-ring (bicyclic) bond motifs is 1. The Hall–Kier alpha value is -2.70. The van der Waals surface area contributed by atoms with Crippen molar-refractivity contribution in [3.8, 4) is 0 Å². The van der Waals surface area contributed by atoms with Crippen LogP contribution in [0.25, 0.3) is 10.8 Å². The highest BCUT2D eigenvalue weighted by atomic mass is 16.5. The Labute approximate surface area is 138 Å². The van der Waals surface area contributed by atoms with Gasteiger partial charge < -0.3 is 10.1 Å². The molecule has 24 heavy (non-hydrogen) atoms. The zero-order valence-electron chi connectivity index (χ0n) is 13.6. The lowest BCUT2D eigenvalue weighted by Gasteiger charge is -2.13. The summed E-state index contributed by atoms with van der Waals surface area (Å²) in [7, 11) is 0. The van der Waals surface area contributed by atoms with E-state index in [1.54, 1.807) is 38.1 Å². The van der Waals surface area contributed by atoms with Crippen molar-refractivity contribution in [2.75, 3.05) is 6.61 Å². The van der Waals surface area contributed by atoms with Crippen LogP contribution in [0.5, 0.6) is 0 Å². The monoisotopic (exact) mass is 329 g/mol. The van der Waals surface area contributed by atoms with Gasteiger partial charge in [-0.05, 0) is 32.8 Å². The van der Waals surface area contributed by atoms with Gasteiger partial charge in [-0.2, -0.15) is 5.10 Å². The average Bonchev–Trinajstić information content (AvgIpc) is 3.37. The van der Waals surface area contributed by atoms with Crippen molar-refractivity contribution >= 4 is 22.6 Å². The molecule has 0 atom stereocenters. The Kier molecular flexibility index (Phi) is 4.33. The van der Waals surface area contributed by atoms with Gasteiger partial charge in [0.05, 0.1) is 11.4 Å². The van der Waals surface area contributed by atoms with Crippen LogP contribution >= 0.6 is 0 Å². The van der Waals surface area contributed by atoms with Gasteiger partial charge in [0.1, 0.15) is 0 Å². The standard InChI is InChI=1S/C17H19N3O4/c1-10(2)20-16(22)13-6-4-3-5-12(13)15(19-20)17(23)24-9-14(21)18-11-7-8-11/h3-6,10-11H,7-9H2,1-2H3,(H,18,21). The summed E-state index contributed by atoms with van der Waals surface area (Å²) < 4.78 is 6.33. The van der Waals surface area contributed by atoms with Crippen LogP contribution in [0.3, 0.4) is 0 Å². The van der Waals surface area contributed by atoms with Crippen molar-refractivity contribution in [2.24, 2.45) is 0 Å². The fraction of sp³-hybridized carbons (Fsp3) is 0.412. The highest BCUT2D eigenvalue weighted by molar-refractivity contribution is 6.02. The predicted octanol–water partition coefficient (Wildman–Crippen LogP) is 1.41. The Morgan fingerprint density at radius 1 is 1.29 bits per heavy atom. The zero-order chi connectivity index (χ0) is 17.3. The number of amides is 1. The minimum atomic E-state index is -0.716. The zero-order valence-corrected chi connectivity index (χ0v) is 13.6. The molecule has 0 unspecified atom stereocenters. The molecule has 1 aromatic heterocycles. The van der Waals surface area contributed by atoms with Crippen molar-refractivity contribution in [3.63, 3.8) is 0 Å². The van der Waals surface area contributed by atoms with Crippen LogP contribution < -0.4 is 10.9 Å². The SMILES string of the molecule is CC(C)n1nc(C(=O)OCC(=O)NC2CC2)c2ccccc2c1=O. The van der Waals surface area contributed by atoms with Crippen molar-refractivity contribution in [2.45, 2.75) is 38.8 Å². The van der Waals surface area contributed by atoms with E-state index in [1.807, 2.05) is 0 Å². The molecule has 1 saturated carbocycles. The van der Waals surface area contributed by atoms with E-state index in [-0.39, 0.29) is 35.9 Å². The van der Waals surface area contributed by atoms with Crippen LogP contribution in [0.1, 0.15) is 43.2 Å². The highest BCUT2D eigenvalue weighted by Crippen LogP contribution is 2.18. The van der Waals surface area contributed by atoms with Crippen LogP contribution in [0.15, 0.2) is 29.1 Å². The van der Waals surface area contributed by atoms with Gasteiger partial charge in [0, 0.05) is 11.4 Å². The van der Waals surface area contributed by atoms with Gasteiger partial charge in [-0.1, -0.05) is 18.2 Å². The number of carbonyl (C=O) groups excluding carboxylic acids is 2. The Bertz CT molecular complexity index is 853. The van der Waals surface area contributed by atoms with E-state index in [2.05, 4.69) is 10.4 Å². The second-order valence-corrected chi connectivity index (χ2v) is 6.16. The van der Waals surface area contributed by atoms with E-state index < -0.39 is 5.97 Å². The molecule has 1 amide bonds. The van der Waals surface area contributed by atoms with E-state index in [9.17, 15) is 14.4 Å². The average molecular weight is 329 g/mol. The maximum Gasteiger partial charge on any atom is 0.359 e. The number of carbonyl (C=O) groups is 2. The number of aromatic nitrogens is 2. The molecule has 1 aliphatic carbocycles. The quantitative estimate of drug-likeness (QED) is 0.838. The van der Waals surface area contributed by atoms with Gasteiger partial charge in [-0.15, -0.1) is 0 Å². The summed E-state index contributed by atoms with van der Waals surface area (Å²) in [5, 5.41) is 7.72. The molecule has 0 bridgehead atoms. The molecule has 1 aromatic carbocycles. The minimum Gasteiger partial charge on any atom is -0.451 e. The number of nitrogens with one attached hydrogen (secondary N) is 1. The second-order valence-electron chi connectivity index (χ2n) is 6.16. The van der Waals surface area contributed by atoms with Gasteiger partial charge in [0.25, 0.3) is 11.5 Å². The van der Waals surface area contributed by atoms with Crippen LogP contribution in [0.2, 0.25) is 0 Å². The van der Waals surface area contributed by atoms with E-state index in [0.29, 0.717) is 10.8 Å². The normalized spacial score (nSPS) is 14.0. The van der Waals surface area contributed by atoms with Crippen molar-refractivity contribution in [1.29, 1.82) is 0 Å². The van der Waals surface area contributed by atoms with E-state index >= 15 is 0 Å². The van der Waals surface area contributed by atoms with Crippen molar-refractivity contribution < 1.29 is 14.3 Å². The van der Waals surface area contributed by atoms with Gasteiger partial charge in [0.15, 0.2) is 12.3 Å². The first-order valence-corrected chi connectivity index (χ1v) is 7.95. The van der Waals surface area contributed by atoms with Crippen LogP contribution in [0.4, 0.5) is 0 Å². The number of hydrogen-bond acceptors (Lipinski definition) is 5. The smallest absolute Gasteiger partial charge is 0.359 e. The van der Waals surface area contributed by atoms with Crippen LogP contribution in [-0.2, 0) is 9.53 Å². The summed E-state index contributed by atoms with van der Waals surface area (Å²) in [6.45, 7) is 3.26. The van der Waals surface area contributed by atoms with Crippen LogP contribution in [-0.4, -0.2) is 34.3 Å². The molecule has 2 aromatic rings. The predicted molar refractivity (Wildman–Crippen MR) is 87.8 cm³/mol. The van der Waals surface area contributed by atoms with E-state index in [0.717, 1.165) is 12.8 Å². The summed E-state index contributed by atoms with van der Waals surface area (Å²) >= 11 is 0. The molecule has 7 nitrogen and oxygen atoms in total. The molecular weight excluding hydrogens is 310 g/mol. The molecule has 0 saturated heterocycles. The molecule has 1 N–H and O–H groups in total. The number of benzene rings is 1. The lowest BCUT2D eigenvalue weighted by Crippen LogP contribution is -2.31. The third kappa shape index (κ3) is 3.29. The lowest BCUT2D eigenvalue weighted by molar-refractivity contribution is -0.124. The Morgan fingerprint density at radius 2 is 1.96 bits per heavy atom. The maximum absolute atomic E-state index is 12.4. The summed E-state index contributed by atoms with van der Waals surface area (Å²) in [6, 6.07) is 6.75. The molecule has 1 aliphatic rings. The van der Waals surface area contributed by atoms with Crippen molar-refractivity contribution in [3.05, 3.63) is 40.3 Å². The molecule has 1 fully saturated rings. The summed E-state index contributed by atoms with van der Waals surface area (Å²) in [6.07, 6.45) is 1.93. The highest BCUT2D eigenvalue weighted by Gasteiger charge is 2.24. The molecule has 7 heteroatoms. The van der Waals surface area contributed by atoms with Gasteiger partial charge in [-0.3, -0.25) is 9.59 Å². The first-order valence-electron chi connectivity index (χ1n) is 7.95. The molecule has 0 radical (unpaired) electrons. The Balaban J connectivity index is 1.89. The third-order valence-electron chi connectivity index (χ3n) is 3.79. The number of rotatable bonds is 5. The van der Waals surface area contributed by atoms with E-state index in [1.165, 1.54) is 4.68 Å². The molecule has 0 spiro atoms. The number of hydrogen-bond donors (Lipinski definition) is 1. The lowest BCUT2D eigenvalue weighted by atomic mass is 10.1. The second kappa shape index (κ2) is 6.43. The third-order valence-corrected chi connectivity index (χ3v) is 3.79.